The molecular weight excluding hydrogens is 401 g/mol. The van der Waals surface area contributed by atoms with Crippen LogP contribution in [0.5, 0.6) is 0 Å². The van der Waals surface area contributed by atoms with Gasteiger partial charge in [-0.15, -0.1) is 0 Å². The van der Waals surface area contributed by atoms with Crippen molar-refractivity contribution in [1.82, 2.24) is 26.6 Å². The van der Waals surface area contributed by atoms with Gasteiger partial charge in [0, 0.05) is 25.1 Å². The monoisotopic (exact) mass is 433 g/mol. The number of ether oxygens (including phenoxy) is 1. The van der Waals surface area contributed by atoms with Crippen LogP contribution in [0.3, 0.4) is 0 Å². The van der Waals surface area contributed by atoms with Crippen molar-refractivity contribution in [3.8, 4) is 0 Å². The molecule has 170 valence electrons. The summed E-state index contributed by atoms with van der Waals surface area (Å²) in [4.78, 5) is 25.5. The summed E-state index contributed by atoms with van der Waals surface area (Å²) in [5, 5.41) is 8.09. The molecule has 0 radical (unpaired) electrons. The molecule has 1 aromatic rings. The lowest BCUT2D eigenvalue weighted by Crippen LogP contribution is -2.65. The Balaban J connectivity index is 1.37. The highest BCUT2D eigenvalue weighted by Gasteiger charge is 2.51. The molecule has 4 rings (SSSR count). The second kappa shape index (κ2) is 9.60. The summed E-state index contributed by atoms with van der Waals surface area (Å²) in [5.41, 5.74) is 7.11. The van der Waals surface area contributed by atoms with E-state index in [-0.39, 0.29) is 53.8 Å². The number of amides is 2. The molecule has 2 saturated heterocycles. The Hall–Kier alpha value is -2.07. The smallest absolute Gasteiger partial charge is 0.226 e. The maximum atomic E-state index is 13.7. The van der Waals surface area contributed by atoms with Crippen molar-refractivity contribution < 1.29 is 18.7 Å². The van der Waals surface area contributed by atoms with Crippen molar-refractivity contribution >= 4 is 11.8 Å². The van der Waals surface area contributed by atoms with Crippen LogP contribution < -0.4 is 21.6 Å². The number of hydrogen-bond acceptors (Lipinski definition) is 6. The normalized spacial score (nSPS) is 30.6. The Morgan fingerprint density at radius 3 is 2.97 bits per heavy atom. The van der Waals surface area contributed by atoms with Crippen molar-refractivity contribution in [2.75, 3.05) is 13.2 Å². The summed E-state index contributed by atoms with van der Waals surface area (Å²) in [7, 11) is 0. The van der Waals surface area contributed by atoms with Crippen molar-refractivity contribution in [1.29, 1.82) is 0 Å². The number of carbonyl (C=O) groups excluding carboxylic acids is 2. The van der Waals surface area contributed by atoms with E-state index in [0.29, 0.717) is 32.4 Å². The zero-order chi connectivity index (χ0) is 22.0. The molecule has 9 heteroatoms. The standard InChI is InChI=1S/C22H32FN5O3/c1-13(2)31-10-4-9-24-21(29)15-7-8-17-18(12-15)28-20(25-22(17)30)19(26-27-28)14-5-3-6-16(23)11-14/h3,5-6,11,13,15,17-20,26-27H,4,7-10,12H2,1-2H3,(H,24,29)(H,25,30). The Morgan fingerprint density at radius 2 is 2.19 bits per heavy atom. The van der Waals surface area contributed by atoms with Gasteiger partial charge in [0.1, 0.15) is 12.0 Å². The number of hydrazine groups is 2. The van der Waals surface area contributed by atoms with Crippen LogP contribution in [0.1, 0.15) is 51.1 Å². The molecule has 1 saturated carbocycles. The second-order valence-corrected chi connectivity index (χ2v) is 8.90. The number of nitrogens with zero attached hydrogens (tertiary/aromatic N) is 1. The SMILES string of the molecule is CC(C)OCCCNC(=O)C1CCC2C(=O)NC3C(c4cccc(F)c4)NNN3C2C1. The molecule has 4 N–H and O–H groups in total. The fourth-order valence-electron chi connectivity index (χ4n) is 4.86. The first-order valence-corrected chi connectivity index (χ1v) is 11.2. The van der Waals surface area contributed by atoms with Gasteiger partial charge in [0.15, 0.2) is 0 Å². The Morgan fingerprint density at radius 1 is 1.35 bits per heavy atom. The molecule has 31 heavy (non-hydrogen) atoms. The van der Waals surface area contributed by atoms with Gasteiger partial charge in [0.2, 0.25) is 11.8 Å². The highest BCUT2D eigenvalue weighted by molar-refractivity contribution is 5.82. The minimum absolute atomic E-state index is 0.00263. The zero-order valence-electron chi connectivity index (χ0n) is 18.1. The average molecular weight is 434 g/mol. The minimum atomic E-state index is -0.342. The van der Waals surface area contributed by atoms with E-state index in [1.54, 1.807) is 6.07 Å². The Bertz CT molecular complexity index is 807. The van der Waals surface area contributed by atoms with E-state index in [1.165, 1.54) is 12.1 Å². The molecule has 2 heterocycles. The van der Waals surface area contributed by atoms with E-state index >= 15 is 0 Å². The van der Waals surface area contributed by atoms with Gasteiger partial charge >= 0.3 is 0 Å². The number of halogens is 1. The van der Waals surface area contributed by atoms with Gasteiger partial charge in [-0.1, -0.05) is 12.1 Å². The van der Waals surface area contributed by atoms with Gasteiger partial charge in [0.05, 0.1) is 18.1 Å². The van der Waals surface area contributed by atoms with E-state index in [1.807, 2.05) is 24.9 Å². The molecule has 3 fully saturated rings. The van der Waals surface area contributed by atoms with Crippen LogP contribution in [0.15, 0.2) is 24.3 Å². The van der Waals surface area contributed by atoms with Crippen LogP contribution >= 0.6 is 0 Å². The third-order valence-electron chi connectivity index (χ3n) is 6.42. The molecule has 0 spiro atoms. The van der Waals surface area contributed by atoms with Gasteiger partial charge in [-0.3, -0.25) is 9.59 Å². The Kier molecular flexibility index (Phi) is 6.86. The third kappa shape index (κ3) is 4.90. The minimum Gasteiger partial charge on any atom is -0.379 e. The number of carbonyl (C=O) groups is 2. The van der Waals surface area contributed by atoms with E-state index < -0.39 is 0 Å². The van der Waals surface area contributed by atoms with Crippen LogP contribution in [-0.2, 0) is 14.3 Å². The summed E-state index contributed by atoms with van der Waals surface area (Å²) in [6.07, 6.45) is 2.59. The van der Waals surface area contributed by atoms with Crippen molar-refractivity contribution in [3.63, 3.8) is 0 Å². The predicted molar refractivity (Wildman–Crippen MR) is 113 cm³/mol. The number of hydrogen-bond donors (Lipinski definition) is 4. The number of fused-ring (bicyclic) bond motifs is 3. The molecule has 8 nitrogen and oxygen atoms in total. The highest BCUT2D eigenvalue weighted by Crippen LogP contribution is 2.38. The summed E-state index contributed by atoms with van der Waals surface area (Å²) in [5.74, 6) is -0.567. The average Bonchev–Trinajstić information content (AvgIpc) is 3.17. The van der Waals surface area contributed by atoms with E-state index in [2.05, 4.69) is 21.6 Å². The molecule has 0 aromatic heterocycles. The van der Waals surface area contributed by atoms with Gasteiger partial charge in [-0.05, 0) is 57.2 Å². The van der Waals surface area contributed by atoms with Crippen molar-refractivity contribution in [2.45, 2.75) is 63.9 Å². The number of rotatable bonds is 7. The fourth-order valence-corrected chi connectivity index (χ4v) is 4.86. The zero-order valence-corrected chi connectivity index (χ0v) is 18.1. The lowest BCUT2D eigenvalue weighted by molar-refractivity contribution is -0.143. The van der Waals surface area contributed by atoms with E-state index in [0.717, 1.165) is 12.0 Å². The van der Waals surface area contributed by atoms with Crippen molar-refractivity contribution in [2.24, 2.45) is 11.8 Å². The summed E-state index contributed by atoms with van der Waals surface area (Å²) in [6.45, 7) is 5.19. The molecule has 5 atom stereocenters. The predicted octanol–water partition coefficient (Wildman–Crippen LogP) is 1.36. The topological polar surface area (TPSA) is 94.7 Å². The first kappa shape index (κ1) is 22.1. The van der Waals surface area contributed by atoms with E-state index in [9.17, 15) is 14.0 Å². The van der Waals surface area contributed by atoms with Crippen LogP contribution in [0.2, 0.25) is 0 Å². The molecule has 2 amide bonds. The summed E-state index contributed by atoms with van der Waals surface area (Å²) >= 11 is 0. The van der Waals surface area contributed by atoms with Crippen LogP contribution in [0, 0.1) is 17.7 Å². The quantitative estimate of drug-likeness (QED) is 0.485. The molecular formula is C22H32FN5O3. The van der Waals surface area contributed by atoms with Crippen LogP contribution in [0.25, 0.3) is 0 Å². The number of benzene rings is 1. The summed E-state index contributed by atoms with van der Waals surface area (Å²) in [6, 6.07) is 5.99. The third-order valence-corrected chi connectivity index (χ3v) is 6.42. The summed E-state index contributed by atoms with van der Waals surface area (Å²) < 4.78 is 19.2. The maximum Gasteiger partial charge on any atom is 0.226 e. The van der Waals surface area contributed by atoms with E-state index in [4.69, 9.17) is 4.74 Å². The lowest BCUT2D eigenvalue weighted by atomic mass is 9.75. The number of nitrogens with one attached hydrogen (secondary N) is 4. The molecule has 1 aliphatic carbocycles. The first-order chi connectivity index (χ1) is 14.9. The largest absolute Gasteiger partial charge is 0.379 e. The van der Waals surface area contributed by atoms with Crippen LogP contribution in [-0.4, -0.2) is 48.3 Å². The molecule has 2 aliphatic heterocycles. The van der Waals surface area contributed by atoms with Gasteiger partial charge in [0.25, 0.3) is 0 Å². The fraction of sp³-hybridized carbons (Fsp3) is 0.636. The molecule has 3 aliphatic rings. The van der Waals surface area contributed by atoms with Gasteiger partial charge in [-0.25, -0.2) is 14.8 Å². The van der Waals surface area contributed by atoms with Crippen molar-refractivity contribution in [3.05, 3.63) is 35.6 Å². The molecule has 1 aromatic carbocycles. The second-order valence-electron chi connectivity index (χ2n) is 8.90. The highest BCUT2D eigenvalue weighted by atomic mass is 19.1. The maximum absolute atomic E-state index is 13.7. The lowest BCUT2D eigenvalue weighted by Gasteiger charge is -2.46. The molecule has 0 bridgehead atoms. The van der Waals surface area contributed by atoms with Gasteiger partial charge in [-0.2, -0.15) is 5.53 Å². The Labute approximate surface area is 182 Å². The van der Waals surface area contributed by atoms with Gasteiger partial charge < -0.3 is 15.4 Å². The van der Waals surface area contributed by atoms with Crippen LogP contribution in [0.4, 0.5) is 4.39 Å². The molecule has 5 unspecified atom stereocenters. The first-order valence-electron chi connectivity index (χ1n) is 11.2.